The number of rotatable bonds is 4. The van der Waals surface area contributed by atoms with Crippen molar-refractivity contribution in [1.29, 1.82) is 0 Å². The minimum absolute atomic E-state index is 0.106. The van der Waals surface area contributed by atoms with Gasteiger partial charge in [0.25, 0.3) is 0 Å². The van der Waals surface area contributed by atoms with E-state index in [0.717, 1.165) is 51.0 Å². The number of amides is 2. The molecule has 0 bridgehead atoms. The standard InChI is InChI=1S/C18H27N5O2/c1-13(18(25)23-9-3-5-15(11-23)17(19)24)22-8-2-4-14(10-22)16-6-7-20-12-21-16/h6-7,12-15H,2-5,8-11H2,1H3,(H2,19,24)/t13-,14+,15+/m1/s1. The van der Waals surface area contributed by atoms with Crippen LogP contribution in [0, 0.1) is 5.92 Å². The molecule has 0 spiro atoms. The summed E-state index contributed by atoms with van der Waals surface area (Å²) in [6.07, 6.45) is 7.12. The van der Waals surface area contributed by atoms with Gasteiger partial charge in [0.1, 0.15) is 6.33 Å². The highest BCUT2D eigenvalue weighted by atomic mass is 16.2. The maximum Gasteiger partial charge on any atom is 0.239 e. The van der Waals surface area contributed by atoms with E-state index in [2.05, 4.69) is 14.9 Å². The van der Waals surface area contributed by atoms with E-state index in [4.69, 9.17) is 5.73 Å². The van der Waals surface area contributed by atoms with Crippen molar-refractivity contribution in [3.63, 3.8) is 0 Å². The number of carbonyl (C=O) groups is 2. The molecule has 3 heterocycles. The van der Waals surface area contributed by atoms with E-state index in [1.165, 1.54) is 0 Å². The number of likely N-dealkylation sites (tertiary alicyclic amines) is 2. The Hall–Kier alpha value is -2.02. The predicted octanol–water partition coefficient (Wildman–Crippen LogP) is 0.768. The minimum Gasteiger partial charge on any atom is -0.369 e. The molecule has 7 heteroatoms. The Bertz CT molecular complexity index is 609. The Morgan fingerprint density at radius 1 is 1.24 bits per heavy atom. The first-order valence-electron chi connectivity index (χ1n) is 9.14. The number of primary amides is 1. The van der Waals surface area contributed by atoms with Gasteiger partial charge < -0.3 is 10.6 Å². The largest absolute Gasteiger partial charge is 0.369 e. The van der Waals surface area contributed by atoms with Crippen LogP contribution in [0.4, 0.5) is 0 Å². The van der Waals surface area contributed by atoms with Gasteiger partial charge in [0.15, 0.2) is 0 Å². The van der Waals surface area contributed by atoms with Crippen molar-refractivity contribution in [2.75, 3.05) is 26.2 Å². The number of piperidine rings is 2. The monoisotopic (exact) mass is 345 g/mol. The highest BCUT2D eigenvalue weighted by Crippen LogP contribution is 2.27. The first kappa shape index (κ1) is 17.8. The van der Waals surface area contributed by atoms with Crippen LogP contribution in [0.25, 0.3) is 0 Å². The van der Waals surface area contributed by atoms with Gasteiger partial charge in [0, 0.05) is 37.4 Å². The molecule has 2 aliphatic rings. The molecule has 2 N–H and O–H groups in total. The van der Waals surface area contributed by atoms with E-state index in [0.29, 0.717) is 12.5 Å². The normalized spacial score (nSPS) is 26.2. The molecule has 2 aliphatic heterocycles. The SMILES string of the molecule is C[C@H](C(=O)N1CCC[C@H](C(N)=O)C1)N1CCC[C@H](c2ccncn2)C1. The quantitative estimate of drug-likeness (QED) is 0.870. The van der Waals surface area contributed by atoms with Crippen molar-refractivity contribution in [3.8, 4) is 0 Å². The van der Waals surface area contributed by atoms with Gasteiger partial charge in [0.2, 0.25) is 11.8 Å². The third-order valence-electron chi connectivity index (χ3n) is 5.52. The van der Waals surface area contributed by atoms with Gasteiger partial charge >= 0.3 is 0 Å². The third-order valence-corrected chi connectivity index (χ3v) is 5.52. The molecular weight excluding hydrogens is 318 g/mol. The molecule has 0 saturated carbocycles. The molecule has 136 valence electrons. The molecule has 0 unspecified atom stereocenters. The fourth-order valence-electron chi connectivity index (χ4n) is 3.97. The lowest BCUT2D eigenvalue weighted by atomic mass is 9.93. The molecule has 0 aliphatic carbocycles. The van der Waals surface area contributed by atoms with Crippen LogP contribution < -0.4 is 5.73 Å². The summed E-state index contributed by atoms with van der Waals surface area (Å²) < 4.78 is 0. The first-order valence-corrected chi connectivity index (χ1v) is 9.14. The van der Waals surface area contributed by atoms with E-state index in [1.807, 2.05) is 17.9 Å². The minimum atomic E-state index is -0.299. The number of hydrogen-bond acceptors (Lipinski definition) is 5. The van der Waals surface area contributed by atoms with Crippen LogP contribution in [-0.4, -0.2) is 63.8 Å². The lowest BCUT2D eigenvalue weighted by molar-refractivity contribution is -0.140. The Morgan fingerprint density at radius 3 is 2.76 bits per heavy atom. The van der Waals surface area contributed by atoms with Crippen LogP contribution in [0.5, 0.6) is 0 Å². The highest BCUT2D eigenvalue weighted by molar-refractivity contribution is 5.83. The van der Waals surface area contributed by atoms with Crippen LogP contribution in [0.1, 0.15) is 44.2 Å². The summed E-state index contributed by atoms with van der Waals surface area (Å²) >= 11 is 0. The Kier molecular flexibility index (Phi) is 5.63. The number of aromatic nitrogens is 2. The van der Waals surface area contributed by atoms with Crippen molar-refractivity contribution < 1.29 is 9.59 Å². The van der Waals surface area contributed by atoms with E-state index in [1.54, 1.807) is 12.5 Å². The zero-order valence-electron chi connectivity index (χ0n) is 14.8. The fraction of sp³-hybridized carbons (Fsp3) is 0.667. The van der Waals surface area contributed by atoms with Crippen molar-refractivity contribution in [3.05, 3.63) is 24.3 Å². The van der Waals surface area contributed by atoms with E-state index >= 15 is 0 Å². The molecule has 3 rings (SSSR count). The number of nitrogens with zero attached hydrogens (tertiary/aromatic N) is 4. The van der Waals surface area contributed by atoms with Gasteiger partial charge in [-0.05, 0) is 45.2 Å². The zero-order chi connectivity index (χ0) is 17.8. The zero-order valence-corrected chi connectivity index (χ0v) is 14.8. The molecule has 25 heavy (non-hydrogen) atoms. The number of nitrogens with two attached hydrogens (primary N) is 1. The topological polar surface area (TPSA) is 92.4 Å². The van der Waals surface area contributed by atoms with Gasteiger partial charge in [-0.2, -0.15) is 0 Å². The Labute approximate surface area is 148 Å². The summed E-state index contributed by atoms with van der Waals surface area (Å²) in [7, 11) is 0. The van der Waals surface area contributed by atoms with Crippen LogP contribution >= 0.6 is 0 Å². The molecule has 7 nitrogen and oxygen atoms in total. The summed E-state index contributed by atoms with van der Waals surface area (Å²) in [5.41, 5.74) is 6.48. The van der Waals surface area contributed by atoms with Crippen LogP contribution in [0.15, 0.2) is 18.6 Å². The van der Waals surface area contributed by atoms with Gasteiger partial charge in [-0.3, -0.25) is 14.5 Å². The van der Waals surface area contributed by atoms with Gasteiger partial charge in [-0.1, -0.05) is 0 Å². The molecule has 3 atom stereocenters. The third kappa shape index (κ3) is 4.15. The molecule has 2 saturated heterocycles. The summed E-state index contributed by atoms with van der Waals surface area (Å²) in [6, 6.07) is 1.78. The highest BCUT2D eigenvalue weighted by Gasteiger charge is 2.33. The van der Waals surface area contributed by atoms with Crippen molar-refractivity contribution in [2.24, 2.45) is 11.7 Å². The van der Waals surface area contributed by atoms with Crippen molar-refractivity contribution in [1.82, 2.24) is 19.8 Å². The van der Waals surface area contributed by atoms with E-state index in [9.17, 15) is 9.59 Å². The van der Waals surface area contributed by atoms with E-state index < -0.39 is 0 Å². The van der Waals surface area contributed by atoms with Crippen LogP contribution in [-0.2, 0) is 9.59 Å². The average molecular weight is 345 g/mol. The van der Waals surface area contributed by atoms with Crippen LogP contribution in [0.2, 0.25) is 0 Å². The summed E-state index contributed by atoms with van der Waals surface area (Å²) in [5.74, 6) is -0.0621. The number of hydrogen-bond donors (Lipinski definition) is 1. The predicted molar refractivity (Wildman–Crippen MR) is 93.5 cm³/mol. The molecule has 0 radical (unpaired) electrons. The molecule has 2 fully saturated rings. The maximum atomic E-state index is 12.9. The van der Waals surface area contributed by atoms with Crippen LogP contribution in [0.3, 0.4) is 0 Å². The number of carbonyl (C=O) groups excluding carboxylic acids is 2. The fourth-order valence-corrected chi connectivity index (χ4v) is 3.97. The Balaban J connectivity index is 1.62. The molecular formula is C18H27N5O2. The second-order valence-corrected chi connectivity index (χ2v) is 7.17. The second-order valence-electron chi connectivity index (χ2n) is 7.17. The summed E-state index contributed by atoms with van der Waals surface area (Å²) in [6.45, 7) is 4.90. The smallest absolute Gasteiger partial charge is 0.239 e. The second kappa shape index (κ2) is 7.91. The van der Waals surface area contributed by atoms with E-state index in [-0.39, 0.29) is 23.8 Å². The Morgan fingerprint density at radius 2 is 2.04 bits per heavy atom. The molecule has 1 aromatic rings. The lowest BCUT2D eigenvalue weighted by Crippen LogP contribution is -2.53. The van der Waals surface area contributed by atoms with Crippen molar-refractivity contribution in [2.45, 2.75) is 44.6 Å². The average Bonchev–Trinajstić information content (AvgIpc) is 2.67. The summed E-state index contributed by atoms with van der Waals surface area (Å²) in [4.78, 5) is 36.8. The maximum absolute atomic E-state index is 12.9. The summed E-state index contributed by atoms with van der Waals surface area (Å²) in [5, 5.41) is 0. The lowest BCUT2D eigenvalue weighted by Gasteiger charge is -2.39. The first-order chi connectivity index (χ1) is 12.1. The van der Waals surface area contributed by atoms with Gasteiger partial charge in [-0.25, -0.2) is 9.97 Å². The van der Waals surface area contributed by atoms with Gasteiger partial charge in [-0.15, -0.1) is 0 Å². The molecule has 2 amide bonds. The van der Waals surface area contributed by atoms with Crippen molar-refractivity contribution >= 4 is 11.8 Å². The molecule has 0 aromatic carbocycles. The molecule has 1 aromatic heterocycles. The van der Waals surface area contributed by atoms with Gasteiger partial charge in [0.05, 0.1) is 12.0 Å².